The lowest BCUT2D eigenvalue weighted by molar-refractivity contribution is 0.149. The van der Waals surface area contributed by atoms with Gasteiger partial charge in [-0.3, -0.25) is 4.68 Å². The molecule has 1 aromatic heterocycles. The van der Waals surface area contributed by atoms with E-state index in [0.717, 1.165) is 12.0 Å². The van der Waals surface area contributed by atoms with Gasteiger partial charge in [-0.05, 0) is 12.0 Å². The first kappa shape index (κ1) is 10.2. The van der Waals surface area contributed by atoms with Crippen molar-refractivity contribution in [3.8, 4) is 0 Å². The minimum absolute atomic E-state index is 0.110. The van der Waals surface area contributed by atoms with E-state index in [-0.39, 0.29) is 12.0 Å². The van der Waals surface area contributed by atoms with Crippen LogP contribution in [0.4, 0.5) is 0 Å². The summed E-state index contributed by atoms with van der Waals surface area (Å²) in [6, 6.07) is 0. The molecule has 0 fully saturated rings. The summed E-state index contributed by atoms with van der Waals surface area (Å²) in [5.41, 5.74) is 6.48. The van der Waals surface area contributed by atoms with E-state index in [1.807, 2.05) is 26.4 Å². The van der Waals surface area contributed by atoms with Crippen LogP contribution in [0.15, 0.2) is 12.4 Å². The maximum Gasteiger partial charge on any atom is 0.0521 e. The zero-order valence-electron chi connectivity index (χ0n) is 8.20. The smallest absolute Gasteiger partial charge is 0.0521 e. The molecule has 1 aromatic rings. The van der Waals surface area contributed by atoms with Crippen LogP contribution < -0.4 is 5.73 Å². The summed E-state index contributed by atoms with van der Waals surface area (Å²) in [7, 11) is 1.88. The van der Waals surface area contributed by atoms with E-state index in [4.69, 9.17) is 10.8 Å². The summed E-state index contributed by atoms with van der Waals surface area (Å²) >= 11 is 0. The van der Waals surface area contributed by atoms with E-state index >= 15 is 0 Å². The fourth-order valence-electron chi connectivity index (χ4n) is 1.25. The van der Waals surface area contributed by atoms with E-state index in [9.17, 15) is 0 Å². The average molecular weight is 183 g/mol. The van der Waals surface area contributed by atoms with Crippen molar-refractivity contribution in [2.45, 2.75) is 13.3 Å². The Bertz CT molecular complexity index is 266. The third kappa shape index (κ3) is 2.54. The third-order valence-corrected chi connectivity index (χ3v) is 2.26. The van der Waals surface area contributed by atoms with Gasteiger partial charge in [0, 0.05) is 31.8 Å². The van der Waals surface area contributed by atoms with Crippen LogP contribution in [-0.4, -0.2) is 28.0 Å². The van der Waals surface area contributed by atoms with Gasteiger partial charge in [0.15, 0.2) is 0 Å². The SMILES string of the molecule is Cn1cc(CC(C)(CN)CO)cn1. The summed E-state index contributed by atoms with van der Waals surface area (Å²) in [6.45, 7) is 2.57. The van der Waals surface area contributed by atoms with Gasteiger partial charge in [-0.15, -0.1) is 0 Å². The second-order valence-electron chi connectivity index (χ2n) is 3.87. The number of aliphatic hydroxyl groups excluding tert-OH is 1. The van der Waals surface area contributed by atoms with E-state index in [0.29, 0.717) is 6.54 Å². The molecule has 1 unspecified atom stereocenters. The van der Waals surface area contributed by atoms with Crippen LogP contribution in [0, 0.1) is 5.41 Å². The van der Waals surface area contributed by atoms with Gasteiger partial charge in [-0.1, -0.05) is 6.92 Å². The molecule has 13 heavy (non-hydrogen) atoms. The second-order valence-corrected chi connectivity index (χ2v) is 3.87. The van der Waals surface area contributed by atoms with Crippen LogP contribution in [-0.2, 0) is 13.5 Å². The predicted octanol–water partition coefficient (Wildman–Crippen LogP) is -0.0801. The number of rotatable bonds is 4. The van der Waals surface area contributed by atoms with Gasteiger partial charge >= 0.3 is 0 Å². The molecule has 0 bridgehead atoms. The first-order valence-corrected chi connectivity index (χ1v) is 4.38. The molecule has 74 valence electrons. The number of aromatic nitrogens is 2. The highest BCUT2D eigenvalue weighted by Crippen LogP contribution is 2.19. The molecule has 0 aliphatic heterocycles. The largest absolute Gasteiger partial charge is 0.396 e. The van der Waals surface area contributed by atoms with Crippen LogP contribution in [0.2, 0.25) is 0 Å². The molecule has 0 aromatic carbocycles. The molecule has 0 aliphatic carbocycles. The van der Waals surface area contributed by atoms with Crippen molar-refractivity contribution in [2.75, 3.05) is 13.2 Å². The lowest BCUT2D eigenvalue weighted by Gasteiger charge is -2.24. The Morgan fingerprint density at radius 2 is 2.38 bits per heavy atom. The van der Waals surface area contributed by atoms with Crippen molar-refractivity contribution in [3.63, 3.8) is 0 Å². The average Bonchev–Trinajstić information content (AvgIpc) is 2.51. The zero-order chi connectivity index (χ0) is 9.90. The van der Waals surface area contributed by atoms with Crippen LogP contribution in [0.25, 0.3) is 0 Å². The number of aryl methyl sites for hydroxylation is 1. The third-order valence-electron chi connectivity index (χ3n) is 2.26. The highest BCUT2D eigenvalue weighted by atomic mass is 16.3. The molecule has 3 N–H and O–H groups in total. The summed E-state index contributed by atoms with van der Waals surface area (Å²) in [5.74, 6) is 0. The molecule has 0 saturated carbocycles. The van der Waals surface area contributed by atoms with Crippen molar-refractivity contribution in [1.82, 2.24) is 9.78 Å². The Labute approximate surface area is 78.4 Å². The Morgan fingerprint density at radius 3 is 2.77 bits per heavy atom. The summed E-state index contributed by atoms with van der Waals surface area (Å²) in [6.07, 6.45) is 4.53. The number of nitrogens with two attached hydrogens (primary N) is 1. The zero-order valence-corrected chi connectivity index (χ0v) is 8.20. The maximum atomic E-state index is 9.15. The van der Waals surface area contributed by atoms with Crippen LogP contribution in [0.5, 0.6) is 0 Å². The van der Waals surface area contributed by atoms with Crippen molar-refractivity contribution < 1.29 is 5.11 Å². The Balaban J connectivity index is 2.67. The van der Waals surface area contributed by atoms with Crippen molar-refractivity contribution in [3.05, 3.63) is 18.0 Å². The summed E-state index contributed by atoms with van der Waals surface area (Å²) < 4.78 is 1.75. The molecule has 1 atom stereocenters. The van der Waals surface area contributed by atoms with Crippen molar-refractivity contribution in [2.24, 2.45) is 18.2 Å². The standard InChI is InChI=1S/C9H17N3O/c1-9(6-10,7-13)3-8-4-11-12(2)5-8/h4-5,13H,3,6-7,10H2,1-2H3. The van der Waals surface area contributed by atoms with Gasteiger partial charge in [-0.25, -0.2) is 0 Å². The van der Waals surface area contributed by atoms with Crippen LogP contribution in [0.1, 0.15) is 12.5 Å². The van der Waals surface area contributed by atoms with E-state index in [2.05, 4.69) is 5.10 Å². The predicted molar refractivity (Wildman–Crippen MR) is 51.2 cm³/mol. The van der Waals surface area contributed by atoms with Gasteiger partial charge in [0.05, 0.1) is 6.20 Å². The first-order chi connectivity index (χ1) is 6.09. The number of aliphatic hydroxyl groups is 1. The monoisotopic (exact) mass is 183 g/mol. The molecular weight excluding hydrogens is 166 g/mol. The first-order valence-electron chi connectivity index (χ1n) is 4.38. The molecule has 4 heteroatoms. The highest BCUT2D eigenvalue weighted by Gasteiger charge is 2.22. The van der Waals surface area contributed by atoms with Crippen LogP contribution >= 0.6 is 0 Å². The molecule has 0 aliphatic rings. The van der Waals surface area contributed by atoms with Gasteiger partial charge in [0.2, 0.25) is 0 Å². The Kier molecular flexibility index (Phi) is 3.06. The lowest BCUT2D eigenvalue weighted by Crippen LogP contribution is -2.33. The number of hydrogen-bond acceptors (Lipinski definition) is 3. The fourth-order valence-corrected chi connectivity index (χ4v) is 1.25. The number of hydrogen-bond donors (Lipinski definition) is 2. The molecule has 4 nitrogen and oxygen atoms in total. The highest BCUT2D eigenvalue weighted by molar-refractivity contribution is 5.07. The molecule has 0 spiro atoms. The molecular formula is C9H17N3O. The van der Waals surface area contributed by atoms with E-state index < -0.39 is 0 Å². The van der Waals surface area contributed by atoms with E-state index in [1.165, 1.54) is 0 Å². The van der Waals surface area contributed by atoms with Gasteiger partial charge in [-0.2, -0.15) is 5.10 Å². The minimum atomic E-state index is -0.219. The summed E-state index contributed by atoms with van der Waals surface area (Å²) in [4.78, 5) is 0. The van der Waals surface area contributed by atoms with Crippen molar-refractivity contribution in [1.29, 1.82) is 0 Å². The maximum absolute atomic E-state index is 9.15. The molecule has 0 saturated heterocycles. The Hall–Kier alpha value is -0.870. The molecule has 1 heterocycles. The van der Waals surface area contributed by atoms with Gasteiger partial charge in [0.1, 0.15) is 0 Å². The topological polar surface area (TPSA) is 64.1 Å². The second kappa shape index (κ2) is 3.89. The normalized spacial score (nSPS) is 15.7. The van der Waals surface area contributed by atoms with Crippen molar-refractivity contribution >= 4 is 0 Å². The minimum Gasteiger partial charge on any atom is -0.396 e. The van der Waals surface area contributed by atoms with Gasteiger partial charge in [0.25, 0.3) is 0 Å². The van der Waals surface area contributed by atoms with E-state index in [1.54, 1.807) is 4.68 Å². The van der Waals surface area contributed by atoms with Gasteiger partial charge < -0.3 is 10.8 Å². The fraction of sp³-hybridized carbons (Fsp3) is 0.667. The van der Waals surface area contributed by atoms with Crippen LogP contribution in [0.3, 0.4) is 0 Å². The quantitative estimate of drug-likeness (QED) is 0.686. The molecule has 0 radical (unpaired) electrons. The molecule has 1 rings (SSSR count). The Morgan fingerprint density at radius 1 is 1.69 bits per heavy atom. The molecule has 0 amide bonds. The number of nitrogens with zero attached hydrogens (tertiary/aromatic N) is 2. The lowest BCUT2D eigenvalue weighted by atomic mass is 9.85. The summed E-state index contributed by atoms with van der Waals surface area (Å²) in [5, 5.41) is 13.2.